The monoisotopic (exact) mass is 423 g/mol. The highest BCUT2D eigenvalue weighted by Crippen LogP contribution is 2.36. The number of nitrogens with zero attached hydrogens (tertiary/aromatic N) is 1. The molecular weight excluding hydrogens is 398 g/mol. The Morgan fingerprint density at radius 3 is 2.52 bits per heavy atom. The molecule has 4 amide bonds. The number of carbonyl (C=O) groups is 3. The standard InChI is InChI=1S/C23H25N3O5/c1-3-15-5-8-17(9-6-15)24-20(27)14-26-21(28)23(2,25-22(26)29)16-7-10-18-19(13-16)31-12-4-11-30-18/h5-10,13H,3-4,11-12,14H2,1-2H3,(H,24,27)(H,25,29)/t23-/m0/s1. The van der Waals surface area contributed by atoms with Gasteiger partial charge in [0.25, 0.3) is 5.91 Å². The Kier molecular flexibility index (Phi) is 5.54. The minimum absolute atomic E-state index is 0.375. The molecule has 8 nitrogen and oxygen atoms in total. The van der Waals surface area contributed by atoms with Gasteiger partial charge in [-0.25, -0.2) is 4.79 Å². The van der Waals surface area contributed by atoms with Crippen LogP contribution in [0.4, 0.5) is 10.5 Å². The second-order valence-corrected chi connectivity index (χ2v) is 7.76. The van der Waals surface area contributed by atoms with Crippen molar-refractivity contribution < 1.29 is 23.9 Å². The molecule has 2 N–H and O–H groups in total. The molecule has 0 saturated carbocycles. The predicted octanol–water partition coefficient (Wildman–Crippen LogP) is 2.82. The molecule has 4 rings (SSSR count). The van der Waals surface area contributed by atoms with E-state index in [0.717, 1.165) is 23.3 Å². The maximum atomic E-state index is 13.1. The van der Waals surface area contributed by atoms with Gasteiger partial charge in [0.05, 0.1) is 13.2 Å². The number of urea groups is 1. The topological polar surface area (TPSA) is 97.0 Å². The number of hydrogen-bond donors (Lipinski definition) is 2. The van der Waals surface area contributed by atoms with E-state index in [2.05, 4.69) is 10.6 Å². The van der Waals surface area contributed by atoms with Crippen molar-refractivity contribution in [2.45, 2.75) is 32.2 Å². The highest BCUT2D eigenvalue weighted by Gasteiger charge is 2.49. The number of amides is 4. The van der Waals surface area contributed by atoms with Crippen LogP contribution in [0, 0.1) is 0 Å². The summed E-state index contributed by atoms with van der Waals surface area (Å²) in [6.07, 6.45) is 1.66. The summed E-state index contributed by atoms with van der Waals surface area (Å²) in [5.74, 6) is 0.191. The van der Waals surface area contributed by atoms with E-state index in [1.54, 1.807) is 37.3 Å². The summed E-state index contributed by atoms with van der Waals surface area (Å²) in [7, 11) is 0. The smallest absolute Gasteiger partial charge is 0.325 e. The zero-order valence-electron chi connectivity index (χ0n) is 17.6. The number of rotatable bonds is 5. The lowest BCUT2D eigenvalue weighted by atomic mass is 9.91. The molecule has 1 fully saturated rings. The molecule has 2 heterocycles. The van der Waals surface area contributed by atoms with Gasteiger partial charge in [-0.1, -0.05) is 25.1 Å². The van der Waals surface area contributed by atoms with E-state index in [0.29, 0.717) is 36.0 Å². The highest BCUT2D eigenvalue weighted by molar-refractivity contribution is 6.10. The van der Waals surface area contributed by atoms with Gasteiger partial charge >= 0.3 is 6.03 Å². The number of ether oxygens (including phenoxy) is 2. The maximum Gasteiger partial charge on any atom is 0.325 e. The van der Waals surface area contributed by atoms with Gasteiger partial charge < -0.3 is 20.1 Å². The van der Waals surface area contributed by atoms with E-state index in [-0.39, 0.29) is 6.54 Å². The van der Waals surface area contributed by atoms with Gasteiger partial charge in [-0.3, -0.25) is 14.5 Å². The molecule has 2 aromatic carbocycles. The molecule has 162 valence electrons. The number of nitrogens with one attached hydrogen (secondary N) is 2. The van der Waals surface area contributed by atoms with Gasteiger partial charge in [0, 0.05) is 12.1 Å². The number of anilines is 1. The van der Waals surface area contributed by atoms with E-state index in [1.807, 2.05) is 19.1 Å². The highest BCUT2D eigenvalue weighted by atomic mass is 16.5. The zero-order chi connectivity index (χ0) is 22.0. The van der Waals surface area contributed by atoms with E-state index < -0.39 is 23.4 Å². The molecule has 8 heteroatoms. The second-order valence-electron chi connectivity index (χ2n) is 7.76. The van der Waals surface area contributed by atoms with Crippen LogP contribution >= 0.6 is 0 Å². The van der Waals surface area contributed by atoms with Crippen molar-refractivity contribution in [1.29, 1.82) is 0 Å². The Hall–Kier alpha value is -3.55. The normalized spacial score (nSPS) is 20.3. The third kappa shape index (κ3) is 4.05. The van der Waals surface area contributed by atoms with Crippen LogP contribution in [0.25, 0.3) is 0 Å². The summed E-state index contributed by atoms with van der Waals surface area (Å²) in [5.41, 5.74) is 1.02. The van der Waals surface area contributed by atoms with Gasteiger partial charge in [-0.15, -0.1) is 0 Å². The SMILES string of the molecule is CCc1ccc(NC(=O)CN2C(=O)N[C@@](C)(c3ccc4c(c3)OCCCO4)C2=O)cc1. The maximum absolute atomic E-state index is 13.1. The van der Waals surface area contributed by atoms with Crippen LogP contribution in [0.2, 0.25) is 0 Å². The fraction of sp³-hybridized carbons (Fsp3) is 0.348. The third-order valence-corrected chi connectivity index (χ3v) is 5.55. The zero-order valence-corrected chi connectivity index (χ0v) is 17.6. The summed E-state index contributed by atoms with van der Waals surface area (Å²) in [4.78, 5) is 39.1. The number of imide groups is 1. The Balaban J connectivity index is 1.48. The first-order valence-corrected chi connectivity index (χ1v) is 10.3. The molecule has 31 heavy (non-hydrogen) atoms. The Bertz CT molecular complexity index is 1020. The first kappa shape index (κ1) is 20.7. The lowest BCUT2D eigenvalue weighted by Gasteiger charge is -2.23. The van der Waals surface area contributed by atoms with Crippen molar-refractivity contribution in [3.05, 3.63) is 53.6 Å². The molecule has 2 aromatic rings. The molecule has 1 saturated heterocycles. The molecule has 0 unspecified atom stereocenters. The van der Waals surface area contributed by atoms with Crippen LogP contribution < -0.4 is 20.1 Å². The van der Waals surface area contributed by atoms with E-state index in [1.165, 1.54) is 0 Å². The quantitative estimate of drug-likeness (QED) is 0.721. The van der Waals surface area contributed by atoms with Gasteiger partial charge in [0.2, 0.25) is 5.91 Å². The molecule has 0 aromatic heterocycles. The van der Waals surface area contributed by atoms with Crippen LogP contribution in [0.1, 0.15) is 31.4 Å². The number of hydrogen-bond acceptors (Lipinski definition) is 5. The third-order valence-electron chi connectivity index (χ3n) is 5.55. The minimum atomic E-state index is -1.30. The van der Waals surface area contributed by atoms with Crippen molar-refractivity contribution in [3.63, 3.8) is 0 Å². The predicted molar refractivity (Wildman–Crippen MR) is 114 cm³/mol. The molecule has 0 aliphatic carbocycles. The number of aryl methyl sites for hydroxylation is 1. The molecular formula is C23H25N3O5. The molecule has 2 aliphatic rings. The van der Waals surface area contributed by atoms with Gasteiger partial charge in [-0.05, 0) is 48.7 Å². The summed E-state index contributed by atoms with van der Waals surface area (Å²) in [6.45, 7) is 4.36. The van der Waals surface area contributed by atoms with Gasteiger partial charge in [0.1, 0.15) is 12.1 Å². The molecule has 0 spiro atoms. The second kappa shape index (κ2) is 8.29. The average Bonchev–Trinajstić information content (AvgIpc) is 2.93. The summed E-state index contributed by atoms with van der Waals surface area (Å²) in [6, 6.07) is 12.0. The van der Waals surface area contributed by atoms with E-state index in [9.17, 15) is 14.4 Å². The molecule has 2 aliphatic heterocycles. The number of carbonyl (C=O) groups excluding carboxylic acids is 3. The number of fused-ring (bicyclic) bond motifs is 1. The summed E-state index contributed by atoms with van der Waals surface area (Å²) >= 11 is 0. The Morgan fingerprint density at radius 2 is 1.81 bits per heavy atom. The first-order valence-electron chi connectivity index (χ1n) is 10.3. The van der Waals surface area contributed by atoms with Crippen molar-refractivity contribution in [2.75, 3.05) is 25.1 Å². The molecule has 0 bridgehead atoms. The van der Waals surface area contributed by atoms with E-state index >= 15 is 0 Å². The van der Waals surface area contributed by atoms with Crippen molar-refractivity contribution in [1.82, 2.24) is 10.2 Å². The van der Waals surface area contributed by atoms with Crippen molar-refractivity contribution in [2.24, 2.45) is 0 Å². The van der Waals surface area contributed by atoms with Gasteiger partial charge in [-0.2, -0.15) is 0 Å². The van der Waals surface area contributed by atoms with E-state index in [4.69, 9.17) is 9.47 Å². The Labute approximate surface area is 180 Å². The van der Waals surface area contributed by atoms with Crippen molar-refractivity contribution in [3.8, 4) is 11.5 Å². The van der Waals surface area contributed by atoms with Crippen LogP contribution in [0.15, 0.2) is 42.5 Å². The van der Waals surface area contributed by atoms with Crippen LogP contribution in [0.3, 0.4) is 0 Å². The number of benzene rings is 2. The minimum Gasteiger partial charge on any atom is -0.490 e. The lowest BCUT2D eigenvalue weighted by molar-refractivity contribution is -0.133. The van der Waals surface area contributed by atoms with Gasteiger partial charge in [0.15, 0.2) is 11.5 Å². The molecule has 0 radical (unpaired) electrons. The fourth-order valence-electron chi connectivity index (χ4n) is 3.68. The summed E-state index contributed by atoms with van der Waals surface area (Å²) in [5, 5.41) is 5.44. The molecule has 1 atom stereocenters. The van der Waals surface area contributed by atoms with Crippen LogP contribution in [-0.4, -0.2) is 42.5 Å². The summed E-state index contributed by atoms with van der Waals surface area (Å²) < 4.78 is 11.3. The average molecular weight is 423 g/mol. The van der Waals surface area contributed by atoms with Crippen molar-refractivity contribution >= 4 is 23.5 Å². The largest absolute Gasteiger partial charge is 0.490 e. The Morgan fingerprint density at radius 1 is 1.10 bits per heavy atom. The van der Waals surface area contributed by atoms with Crippen LogP contribution in [0.5, 0.6) is 11.5 Å². The van der Waals surface area contributed by atoms with Crippen LogP contribution in [-0.2, 0) is 21.5 Å². The lowest BCUT2D eigenvalue weighted by Crippen LogP contribution is -2.42. The fourth-order valence-corrected chi connectivity index (χ4v) is 3.68. The first-order chi connectivity index (χ1) is 14.9.